The second-order valence-corrected chi connectivity index (χ2v) is 12.1. The summed E-state index contributed by atoms with van der Waals surface area (Å²) >= 11 is 0. The lowest BCUT2D eigenvalue weighted by Crippen LogP contribution is -3.00. The van der Waals surface area contributed by atoms with Crippen LogP contribution in [0.5, 0.6) is 0 Å². The predicted octanol–water partition coefficient (Wildman–Crippen LogP) is 3.26. The van der Waals surface area contributed by atoms with Crippen molar-refractivity contribution in [1.29, 1.82) is 0 Å². The van der Waals surface area contributed by atoms with E-state index in [0.717, 1.165) is 12.8 Å². The van der Waals surface area contributed by atoms with Gasteiger partial charge in [-0.25, -0.2) is 9.59 Å². The Morgan fingerprint density at radius 3 is 1.63 bits per heavy atom. The monoisotopic (exact) mass is 606 g/mol. The number of nitrogens with one attached hydrogen (secondary N) is 2. The van der Waals surface area contributed by atoms with Crippen LogP contribution in [-0.2, 0) is 14.3 Å². The highest BCUT2D eigenvalue weighted by Crippen LogP contribution is 2.13. The molecule has 1 unspecified atom stereocenters. The van der Waals surface area contributed by atoms with E-state index >= 15 is 0 Å². The topological polar surface area (TPSA) is 97.0 Å². The molecule has 0 aromatic carbocycles. The molecule has 9 nitrogen and oxygen atoms in total. The molecular weight excluding hydrogens is 544 g/mol. The maximum Gasteiger partial charge on any atom is 0.407 e. The molecule has 0 rings (SSSR count). The van der Waals surface area contributed by atoms with Crippen molar-refractivity contribution in [2.75, 3.05) is 61.0 Å². The quantitative estimate of drug-likeness (QED) is 0.123. The summed E-state index contributed by atoms with van der Waals surface area (Å²) in [7, 11) is 7.49. The average Bonchev–Trinajstić information content (AvgIpc) is 2.89. The first-order valence-corrected chi connectivity index (χ1v) is 15.9. The molecule has 10 heteroatoms. The van der Waals surface area contributed by atoms with Gasteiger partial charge >= 0.3 is 12.1 Å². The maximum atomic E-state index is 12.5. The molecule has 0 bridgehead atoms. The molecule has 0 aliphatic rings. The number of likely N-dealkylation sites (N-methyl/N-ethyl adjacent to an activating group) is 1. The Morgan fingerprint density at radius 2 is 1.22 bits per heavy atom. The van der Waals surface area contributed by atoms with Gasteiger partial charge in [-0.15, -0.1) is 0 Å². The van der Waals surface area contributed by atoms with Crippen LogP contribution in [0.4, 0.5) is 9.59 Å². The number of amides is 4. The van der Waals surface area contributed by atoms with E-state index in [2.05, 4.69) is 17.6 Å². The van der Waals surface area contributed by atoms with Gasteiger partial charge in [0.1, 0.15) is 12.7 Å². The number of carbonyl (C=O) groups is 3. The van der Waals surface area contributed by atoms with Crippen LogP contribution in [0.25, 0.3) is 0 Å². The number of rotatable bonds is 25. The third-order valence-corrected chi connectivity index (χ3v) is 7.13. The van der Waals surface area contributed by atoms with E-state index in [1.54, 1.807) is 0 Å². The molecule has 0 aromatic rings. The Morgan fingerprint density at radius 1 is 0.756 bits per heavy atom. The van der Waals surface area contributed by atoms with Crippen LogP contribution in [0, 0.1) is 0 Å². The number of unbranched alkanes of at least 4 members (excludes halogenated alkanes) is 15. The third kappa shape index (κ3) is 27.0. The van der Waals surface area contributed by atoms with E-state index in [4.69, 9.17) is 9.47 Å². The summed E-state index contributed by atoms with van der Waals surface area (Å²) in [6, 6.07) is -0.476. The number of urea groups is 1. The van der Waals surface area contributed by atoms with Gasteiger partial charge < -0.3 is 37.0 Å². The summed E-state index contributed by atoms with van der Waals surface area (Å²) in [4.78, 5) is 37.5. The lowest BCUT2D eigenvalue weighted by atomic mass is 10.0. The van der Waals surface area contributed by atoms with Gasteiger partial charge in [0.05, 0.1) is 34.2 Å². The largest absolute Gasteiger partial charge is 1.00 e. The van der Waals surface area contributed by atoms with Crippen molar-refractivity contribution in [2.45, 2.75) is 123 Å². The van der Waals surface area contributed by atoms with Crippen molar-refractivity contribution in [3.8, 4) is 0 Å². The maximum absolute atomic E-state index is 12.5. The minimum atomic E-state index is -0.502. The number of hydrogen-bond donors (Lipinski definition) is 2. The minimum absolute atomic E-state index is 0. The number of imide groups is 1. The smallest absolute Gasteiger partial charge is 0.407 e. The highest BCUT2D eigenvalue weighted by Gasteiger charge is 2.22. The fourth-order valence-electron chi connectivity index (χ4n) is 4.39. The number of quaternary nitrogens is 1. The molecule has 41 heavy (non-hydrogen) atoms. The molecule has 0 saturated heterocycles. The SMILES string of the molecule is CCCCCCCCCCCCCCCCCCNC(=O)OCC(CNC(=O)N(CC[N+](C)(C)C)C(C)=O)OC.[Cl-]. The average molecular weight is 607 g/mol. The lowest BCUT2D eigenvalue weighted by Gasteiger charge is -2.28. The molecule has 2 N–H and O–H groups in total. The summed E-state index contributed by atoms with van der Waals surface area (Å²) in [5.74, 6) is -0.315. The zero-order valence-corrected chi connectivity index (χ0v) is 28.0. The summed E-state index contributed by atoms with van der Waals surface area (Å²) in [6.07, 6.45) is 20.1. The Hall–Kier alpha value is -1.58. The van der Waals surface area contributed by atoms with Gasteiger partial charge in [0.25, 0.3) is 0 Å². The molecule has 0 fully saturated rings. The van der Waals surface area contributed by atoms with Gasteiger partial charge in [-0.3, -0.25) is 9.69 Å². The number of methoxy groups -OCH3 is 1. The van der Waals surface area contributed by atoms with Crippen LogP contribution >= 0.6 is 0 Å². The summed E-state index contributed by atoms with van der Waals surface area (Å²) in [5, 5.41) is 5.48. The number of nitrogens with zero attached hydrogens (tertiary/aromatic N) is 2. The van der Waals surface area contributed by atoms with Crippen molar-refractivity contribution in [1.82, 2.24) is 15.5 Å². The molecule has 4 amide bonds. The molecule has 0 heterocycles. The van der Waals surface area contributed by atoms with Gasteiger partial charge in [-0.1, -0.05) is 103 Å². The van der Waals surface area contributed by atoms with Gasteiger partial charge in [-0.2, -0.15) is 0 Å². The second-order valence-electron chi connectivity index (χ2n) is 12.1. The zero-order valence-electron chi connectivity index (χ0n) is 27.2. The molecule has 0 saturated carbocycles. The van der Waals surface area contributed by atoms with Crippen LogP contribution in [-0.4, -0.2) is 94.6 Å². The van der Waals surface area contributed by atoms with E-state index in [9.17, 15) is 14.4 Å². The van der Waals surface area contributed by atoms with Gasteiger partial charge in [0.2, 0.25) is 5.91 Å². The molecule has 0 radical (unpaired) electrons. The molecule has 0 aromatic heterocycles. The van der Waals surface area contributed by atoms with E-state index in [1.165, 1.54) is 109 Å². The van der Waals surface area contributed by atoms with Crippen molar-refractivity contribution in [2.24, 2.45) is 0 Å². The summed E-state index contributed by atoms with van der Waals surface area (Å²) < 4.78 is 11.2. The van der Waals surface area contributed by atoms with E-state index < -0.39 is 18.2 Å². The number of alkyl carbamates (subject to hydrolysis) is 1. The second kappa shape index (κ2) is 27.3. The van der Waals surface area contributed by atoms with Crippen LogP contribution in [0.2, 0.25) is 0 Å². The minimum Gasteiger partial charge on any atom is -1.00 e. The molecule has 0 aliphatic carbocycles. The highest BCUT2D eigenvalue weighted by molar-refractivity contribution is 5.93. The van der Waals surface area contributed by atoms with Crippen LogP contribution < -0.4 is 23.0 Å². The predicted molar refractivity (Wildman–Crippen MR) is 163 cm³/mol. The zero-order chi connectivity index (χ0) is 30.1. The van der Waals surface area contributed by atoms with Crippen molar-refractivity contribution < 1.29 is 40.7 Å². The van der Waals surface area contributed by atoms with Crippen LogP contribution in [0.3, 0.4) is 0 Å². The van der Waals surface area contributed by atoms with Crippen molar-refractivity contribution in [3.63, 3.8) is 0 Å². The van der Waals surface area contributed by atoms with E-state index in [0.29, 0.717) is 24.1 Å². The fraction of sp³-hybridized carbons (Fsp3) is 0.903. The van der Waals surface area contributed by atoms with Gasteiger partial charge in [0.15, 0.2) is 0 Å². The van der Waals surface area contributed by atoms with Crippen molar-refractivity contribution >= 4 is 18.0 Å². The molecule has 244 valence electrons. The Bertz CT molecular complexity index is 661. The highest BCUT2D eigenvalue weighted by atomic mass is 35.5. The first-order valence-electron chi connectivity index (χ1n) is 15.9. The number of halogens is 1. The third-order valence-electron chi connectivity index (χ3n) is 7.13. The molecule has 1 atom stereocenters. The Kier molecular flexibility index (Phi) is 27.6. The summed E-state index contributed by atoms with van der Waals surface area (Å²) in [5.41, 5.74) is 0. The van der Waals surface area contributed by atoms with E-state index in [-0.39, 0.29) is 31.5 Å². The van der Waals surface area contributed by atoms with Gasteiger partial charge in [0, 0.05) is 27.1 Å². The van der Waals surface area contributed by atoms with E-state index in [1.807, 2.05) is 21.1 Å². The number of hydrogen-bond acceptors (Lipinski definition) is 5. The molecule has 0 aliphatic heterocycles. The Balaban J connectivity index is 0. The van der Waals surface area contributed by atoms with Crippen LogP contribution in [0.15, 0.2) is 0 Å². The van der Waals surface area contributed by atoms with Crippen molar-refractivity contribution in [3.05, 3.63) is 0 Å². The molecule has 0 spiro atoms. The normalized spacial score (nSPS) is 11.9. The fourth-order valence-corrected chi connectivity index (χ4v) is 4.39. The Labute approximate surface area is 257 Å². The standard InChI is InChI=1S/C31H62N4O5.ClH/c1-7-8-9-10-11-12-13-14-15-16-17-18-19-20-21-22-23-32-31(38)40-27-29(39-6)26-33-30(37)34(28(2)36)24-25-35(3,4)5;/h29H,7-27H2,1-6H3,(H-,32,33,37,38);1H. The first kappa shape index (κ1) is 41.6. The first-order chi connectivity index (χ1) is 19.1. The van der Waals surface area contributed by atoms with Gasteiger partial charge in [-0.05, 0) is 6.42 Å². The number of ether oxygens (including phenoxy) is 2. The molecular formula is C31H63ClN4O5. The lowest BCUT2D eigenvalue weighted by molar-refractivity contribution is -0.869. The summed E-state index contributed by atoms with van der Waals surface area (Å²) in [6.45, 7) is 5.34. The number of carbonyl (C=O) groups excluding carboxylic acids is 3. The van der Waals surface area contributed by atoms with Crippen LogP contribution in [0.1, 0.15) is 117 Å².